The number of amides is 1. The zero-order valence-electron chi connectivity index (χ0n) is 16.5. The first-order chi connectivity index (χ1) is 13.6. The standard InChI is InChI=1S/C20H23F3N4OS/c1-19(2)12-26(15-4-6-16(7-5-15)29-20(21,22)23)13-27(19)11-14-8-9-25-17(10-14)18(28)24-3/h4-10H,11-13H2,1-3H3,(H,24,28). The number of anilines is 1. The summed E-state index contributed by atoms with van der Waals surface area (Å²) in [7, 11) is 1.57. The molecular formula is C20H23F3N4OS. The van der Waals surface area contributed by atoms with E-state index in [1.54, 1.807) is 31.4 Å². The molecule has 5 nitrogen and oxygen atoms in total. The third kappa shape index (κ3) is 5.42. The Morgan fingerprint density at radius 2 is 1.93 bits per heavy atom. The van der Waals surface area contributed by atoms with Crippen molar-refractivity contribution in [3.8, 4) is 0 Å². The quantitative estimate of drug-likeness (QED) is 0.732. The van der Waals surface area contributed by atoms with E-state index in [1.165, 1.54) is 12.1 Å². The Hall–Kier alpha value is -2.26. The van der Waals surface area contributed by atoms with E-state index < -0.39 is 5.51 Å². The van der Waals surface area contributed by atoms with Crippen molar-refractivity contribution in [1.29, 1.82) is 0 Å². The largest absolute Gasteiger partial charge is 0.446 e. The van der Waals surface area contributed by atoms with Gasteiger partial charge < -0.3 is 10.2 Å². The summed E-state index contributed by atoms with van der Waals surface area (Å²) in [5.74, 6) is -0.231. The summed E-state index contributed by atoms with van der Waals surface area (Å²) in [6, 6.07) is 10.1. The lowest BCUT2D eigenvalue weighted by Gasteiger charge is -2.29. The normalized spacial score (nSPS) is 16.8. The van der Waals surface area contributed by atoms with Crippen LogP contribution in [0.4, 0.5) is 18.9 Å². The number of halogens is 3. The maximum Gasteiger partial charge on any atom is 0.446 e. The van der Waals surface area contributed by atoms with Crippen LogP contribution in [0, 0.1) is 0 Å². The summed E-state index contributed by atoms with van der Waals surface area (Å²) in [4.78, 5) is 20.5. The highest BCUT2D eigenvalue weighted by Crippen LogP contribution is 2.38. The van der Waals surface area contributed by atoms with Gasteiger partial charge in [0, 0.05) is 42.5 Å². The molecule has 1 aromatic carbocycles. The maximum absolute atomic E-state index is 12.5. The summed E-state index contributed by atoms with van der Waals surface area (Å²) in [6.45, 7) is 6.27. The molecule has 2 heterocycles. The SMILES string of the molecule is CNC(=O)c1cc(CN2CN(c3ccc(SC(F)(F)F)cc3)CC2(C)C)ccn1. The van der Waals surface area contributed by atoms with Crippen LogP contribution in [0.5, 0.6) is 0 Å². The smallest absolute Gasteiger partial charge is 0.357 e. The molecular weight excluding hydrogens is 401 g/mol. The Bertz CT molecular complexity index is 871. The van der Waals surface area contributed by atoms with Gasteiger partial charge in [0.05, 0.1) is 6.67 Å². The zero-order valence-corrected chi connectivity index (χ0v) is 17.3. The van der Waals surface area contributed by atoms with Crippen LogP contribution in [0.15, 0.2) is 47.5 Å². The number of hydrogen-bond acceptors (Lipinski definition) is 5. The number of aromatic nitrogens is 1. The van der Waals surface area contributed by atoms with Gasteiger partial charge in [-0.15, -0.1) is 0 Å². The molecule has 0 saturated carbocycles. The van der Waals surface area contributed by atoms with Gasteiger partial charge in [-0.05, 0) is 67.6 Å². The van der Waals surface area contributed by atoms with Crippen LogP contribution < -0.4 is 10.2 Å². The Balaban J connectivity index is 1.71. The number of hydrogen-bond donors (Lipinski definition) is 1. The third-order valence-electron chi connectivity index (χ3n) is 4.87. The molecule has 3 rings (SSSR count). The average Bonchev–Trinajstić information content (AvgIpc) is 2.95. The van der Waals surface area contributed by atoms with Gasteiger partial charge in [-0.2, -0.15) is 13.2 Å². The van der Waals surface area contributed by atoms with E-state index >= 15 is 0 Å². The molecule has 1 aliphatic heterocycles. The molecule has 0 atom stereocenters. The minimum atomic E-state index is -4.29. The number of benzene rings is 1. The highest BCUT2D eigenvalue weighted by molar-refractivity contribution is 8.00. The van der Waals surface area contributed by atoms with Gasteiger partial charge >= 0.3 is 5.51 Å². The average molecular weight is 424 g/mol. The zero-order chi connectivity index (χ0) is 21.2. The second-order valence-electron chi connectivity index (χ2n) is 7.52. The first kappa shape index (κ1) is 21.4. The molecule has 2 aromatic rings. The third-order valence-corrected chi connectivity index (χ3v) is 5.61. The van der Waals surface area contributed by atoms with Crippen molar-refractivity contribution in [1.82, 2.24) is 15.2 Å². The van der Waals surface area contributed by atoms with E-state index in [-0.39, 0.29) is 28.1 Å². The van der Waals surface area contributed by atoms with Crippen LogP contribution in [0.1, 0.15) is 29.9 Å². The Kier molecular flexibility index (Phi) is 6.09. The van der Waals surface area contributed by atoms with E-state index in [4.69, 9.17) is 0 Å². The number of carbonyl (C=O) groups is 1. The molecule has 1 amide bonds. The van der Waals surface area contributed by atoms with Crippen molar-refractivity contribution in [2.24, 2.45) is 0 Å². The molecule has 1 fully saturated rings. The van der Waals surface area contributed by atoms with E-state index in [0.717, 1.165) is 17.8 Å². The predicted octanol–water partition coefficient (Wildman–Crippen LogP) is 4.11. The lowest BCUT2D eigenvalue weighted by molar-refractivity contribution is -0.0328. The van der Waals surface area contributed by atoms with Gasteiger partial charge in [0.2, 0.25) is 0 Å². The topological polar surface area (TPSA) is 48.5 Å². The van der Waals surface area contributed by atoms with Crippen molar-refractivity contribution < 1.29 is 18.0 Å². The molecule has 0 bridgehead atoms. The molecule has 9 heteroatoms. The minimum absolute atomic E-state index is 0.108. The minimum Gasteiger partial charge on any atom is -0.357 e. The van der Waals surface area contributed by atoms with Gasteiger partial charge in [0.25, 0.3) is 5.91 Å². The van der Waals surface area contributed by atoms with E-state index in [9.17, 15) is 18.0 Å². The van der Waals surface area contributed by atoms with Crippen molar-refractivity contribution in [3.05, 3.63) is 53.9 Å². The number of nitrogens with zero attached hydrogens (tertiary/aromatic N) is 3. The molecule has 1 N–H and O–H groups in total. The number of alkyl halides is 3. The Labute approximate surface area is 172 Å². The van der Waals surface area contributed by atoms with Gasteiger partial charge in [-0.3, -0.25) is 14.7 Å². The lowest BCUT2D eigenvalue weighted by Crippen LogP contribution is -2.39. The summed E-state index contributed by atoms with van der Waals surface area (Å²) in [6.07, 6.45) is 1.62. The first-order valence-electron chi connectivity index (χ1n) is 9.10. The van der Waals surface area contributed by atoms with Crippen LogP contribution >= 0.6 is 11.8 Å². The fraction of sp³-hybridized carbons (Fsp3) is 0.400. The molecule has 0 aliphatic carbocycles. The lowest BCUT2D eigenvalue weighted by atomic mass is 10.0. The number of pyridine rings is 1. The van der Waals surface area contributed by atoms with Crippen molar-refractivity contribution >= 4 is 23.4 Å². The van der Waals surface area contributed by atoms with E-state index in [1.807, 2.05) is 6.07 Å². The maximum atomic E-state index is 12.5. The Morgan fingerprint density at radius 3 is 2.55 bits per heavy atom. The highest BCUT2D eigenvalue weighted by Gasteiger charge is 2.37. The second-order valence-corrected chi connectivity index (χ2v) is 8.66. The molecule has 0 unspecified atom stereocenters. The van der Waals surface area contributed by atoms with Gasteiger partial charge in [-0.1, -0.05) is 0 Å². The second kappa shape index (κ2) is 8.23. The summed E-state index contributed by atoms with van der Waals surface area (Å²) in [5.41, 5.74) is -2.20. The van der Waals surface area contributed by atoms with Crippen LogP contribution in [-0.2, 0) is 6.54 Å². The molecule has 29 heavy (non-hydrogen) atoms. The molecule has 1 aromatic heterocycles. The molecule has 1 aliphatic rings. The van der Waals surface area contributed by atoms with Crippen LogP contribution in [0.2, 0.25) is 0 Å². The fourth-order valence-electron chi connectivity index (χ4n) is 3.36. The van der Waals surface area contributed by atoms with Gasteiger partial charge in [0.1, 0.15) is 5.69 Å². The van der Waals surface area contributed by atoms with Crippen LogP contribution in [0.3, 0.4) is 0 Å². The number of nitrogens with one attached hydrogen (secondary N) is 1. The summed E-state index contributed by atoms with van der Waals surface area (Å²) >= 11 is -0.108. The summed E-state index contributed by atoms with van der Waals surface area (Å²) in [5, 5.41) is 2.57. The predicted molar refractivity (Wildman–Crippen MR) is 108 cm³/mol. The van der Waals surface area contributed by atoms with Gasteiger partial charge in [-0.25, -0.2) is 0 Å². The van der Waals surface area contributed by atoms with Crippen LogP contribution in [-0.4, -0.2) is 47.1 Å². The number of rotatable bonds is 5. The Morgan fingerprint density at radius 1 is 1.24 bits per heavy atom. The highest BCUT2D eigenvalue weighted by atomic mass is 32.2. The van der Waals surface area contributed by atoms with E-state index in [0.29, 0.717) is 18.9 Å². The van der Waals surface area contributed by atoms with Crippen molar-refractivity contribution in [2.45, 2.75) is 36.3 Å². The molecule has 0 radical (unpaired) electrons. The monoisotopic (exact) mass is 424 g/mol. The van der Waals surface area contributed by atoms with Crippen molar-refractivity contribution in [2.75, 3.05) is 25.2 Å². The molecule has 0 spiro atoms. The first-order valence-corrected chi connectivity index (χ1v) is 9.92. The fourth-order valence-corrected chi connectivity index (χ4v) is 3.89. The number of thioether (sulfide) groups is 1. The molecule has 156 valence electrons. The van der Waals surface area contributed by atoms with Crippen molar-refractivity contribution in [3.63, 3.8) is 0 Å². The molecule has 1 saturated heterocycles. The summed E-state index contributed by atoms with van der Waals surface area (Å²) < 4.78 is 37.6. The number of carbonyl (C=O) groups excluding carboxylic acids is 1. The van der Waals surface area contributed by atoms with E-state index in [2.05, 4.69) is 33.9 Å². The van der Waals surface area contributed by atoms with Crippen LogP contribution in [0.25, 0.3) is 0 Å². The van der Waals surface area contributed by atoms with Gasteiger partial charge in [0.15, 0.2) is 0 Å².